The third-order valence-corrected chi connectivity index (χ3v) is 8.33. The number of phenolic OH excluding ortho intramolecular Hbond substituents is 1. The zero-order valence-electron chi connectivity index (χ0n) is 19.9. The zero-order valence-corrected chi connectivity index (χ0v) is 19.9. The van der Waals surface area contributed by atoms with Gasteiger partial charge in [-0.05, 0) is 55.9 Å². The molecular formula is C26H35N3O5. The second kappa shape index (κ2) is 9.30. The first-order valence-corrected chi connectivity index (χ1v) is 12.6. The number of phenols is 1. The molecule has 2 N–H and O–H groups in total. The average Bonchev–Trinajstić information content (AvgIpc) is 3.08. The molecule has 6 rings (SSSR count). The number of rotatable bonds is 3. The molecule has 0 bridgehead atoms. The van der Waals surface area contributed by atoms with Gasteiger partial charge in [-0.15, -0.1) is 0 Å². The van der Waals surface area contributed by atoms with Gasteiger partial charge in [-0.2, -0.15) is 0 Å². The molecule has 8 heteroatoms. The smallest absolute Gasteiger partial charge is 0.255 e. The SMILES string of the molecule is COC1CC2(C1)CN(C1CCCCC1)C2.O=C1CCC(N2Cc3cc(O)ccc3C2=O)C(=O)N1. The number of fused-ring (bicyclic) bond motifs is 1. The van der Waals surface area contributed by atoms with Gasteiger partial charge in [-0.3, -0.25) is 24.6 Å². The Balaban J connectivity index is 0.000000145. The molecule has 0 aromatic heterocycles. The first-order chi connectivity index (χ1) is 16.4. The summed E-state index contributed by atoms with van der Waals surface area (Å²) in [6.45, 7) is 3.03. The largest absolute Gasteiger partial charge is 0.508 e. The van der Waals surface area contributed by atoms with Crippen LogP contribution in [0.1, 0.15) is 73.7 Å². The zero-order chi connectivity index (χ0) is 23.9. The summed E-state index contributed by atoms with van der Waals surface area (Å²) in [6.07, 6.45) is 11.1. The first-order valence-electron chi connectivity index (χ1n) is 12.6. The molecule has 2 saturated carbocycles. The van der Waals surface area contributed by atoms with Gasteiger partial charge in [0.05, 0.1) is 6.10 Å². The molecule has 2 aliphatic carbocycles. The van der Waals surface area contributed by atoms with Crippen LogP contribution >= 0.6 is 0 Å². The minimum Gasteiger partial charge on any atom is -0.508 e. The van der Waals surface area contributed by atoms with E-state index in [1.807, 2.05) is 7.11 Å². The van der Waals surface area contributed by atoms with Gasteiger partial charge in [0.1, 0.15) is 11.8 Å². The molecule has 3 heterocycles. The van der Waals surface area contributed by atoms with Crippen LogP contribution in [-0.4, -0.2) is 71.0 Å². The molecule has 1 aromatic carbocycles. The number of likely N-dealkylation sites (tertiary alicyclic amines) is 1. The quantitative estimate of drug-likeness (QED) is 0.661. The van der Waals surface area contributed by atoms with Crippen LogP contribution in [0.25, 0.3) is 0 Å². The number of methoxy groups -OCH3 is 1. The van der Waals surface area contributed by atoms with Crippen molar-refractivity contribution in [3.8, 4) is 5.75 Å². The highest BCUT2D eigenvalue weighted by Gasteiger charge is 2.53. The number of carbonyl (C=O) groups excluding carboxylic acids is 3. The normalized spacial score (nSPS) is 26.9. The Kier molecular flexibility index (Phi) is 6.37. The fourth-order valence-corrected chi connectivity index (χ4v) is 6.41. The van der Waals surface area contributed by atoms with Crippen LogP contribution in [0.4, 0.5) is 0 Å². The minimum atomic E-state index is -0.611. The highest BCUT2D eigenvalue weighted by molar-refractivity contribution is 6.05. The molecule has 1 atom stereocenters. The summed E-state index contributed by atoms with van der Waals surface area (Å²) in [4.78, 5) is 39.3. The summed E-state index contributed by atoms with van der Waals surface area (Å²) in [7, 11) is 1.86. The van der Waals surface area contributed by atoms with E-state index in [2.05, 4.69) is 10.2 Å². The van der Waals surface area contributed by atoms with Crippen molar-refractivity contribution in [2.45, 2.75) is 82.5 Å². The van der Waals surface area contributed by atoms with E-state index in [4.69, 9.17) is 4.74 Å². The first kappa shape index (κ1) is 23.3. The van der Waals surface area contributed by atoms with Crippen molar-refractivity contribution in [1.29, 1.82) is 0 Å². The van der Waals surface area contributed by atoms with Gasteiger partial charge in [0.25, 0.3) is 5.91 Å². The van der Waals surface area contributed by atoms with Crippen molar-refractivity contribution in [2.24, 2.45) is 5.41 Å². The van der Waals surface area contributed by atoms with Crippen molar-refractivity contribution >= 4 is 17.7 Å². The van der Waals surface area contributed by atoms with Crippen LogP contribution in [0.15, 0.2) is 18.2 Å². The average molecular weight is 470 g/mol. The molecule has 2 saturated heterocycles. The number of imide groups is 1. The fraction of sp³-hybridized carbons (Fsp3) is 0.654. The Morgan fingerprint density at radius 2 is 1.79 bits per heavy atom. The van der Waals surface area contributed by atoms with Gasteiger partial charge in [-0.1, -0.05) is 19.3 Å². The van der Waals surface area contributed by atoms with E-state index in [1.165, 1.54) is 75.1 Å². The van der Waals surface area contributed by atoms with Crippen LogP contribution in [0.3, 0.4) is 0 Å². The number of hydrogen-bond acceptors (Lipinski definition) is 6. The van der Waals surface area contributed by atoms with E-state index >= 15 is 0 Å². The molecule has 3 amide bonds. The maximum absolute atomic E-state index is 12.2. The number of hydrogen-bond donors (Lipinski definition) is 2. The van der Waals surface area contributed by atoms with Crippen molar-refractivity contribution in [1.82, 2.24) is 15.1 Å². The van der Waals surface area contributed by atoms with E-state index in [9.17, 15) is 19.5 Å². The Morgan fingerprint density at radius 1 is 1.06 bits per heavy atom. The van der Waals surface area contributed by atoms with Crippen molar-refractivity contribution < 1.29 is 24.2 Å². The van der Waals surface area contributed by atoms with Gasteiger partial charge >= 0.3 is 0 Å². The van der Waals surface area contributed by atoms with E-state index in [0.29, 0.717) is 29.1 Å². The summed E-state index contributed by atoms with van der Waals surface area (Å²) in [6, 6.07) is 4.86. The summed E-state index contributed by atoms with van der Waals surface area (Å²) in [5, 5.41) is 11.7. The Labute approximate surface area is 200 Å². The van der Waals surface area contributed by atoms with E-state index in [-0.39, 0.29) is 30.5 Å². The predicted molar refractivity (Wildman–Crippen MR) is 125 cm³/mol. The monoisotopic (exact) mass is 469 g/mol. The van der Waals surface area contributed by atoms with Gasteiger partial charge in [0.2, 0.25) is 11.8 Å². The maximum atomic E-state index is 12.2. The molecule has 1 unspecified atom stereocenters. The van der Waals surface area contributed by atoms with Crippen LogP contribution < -0.4 is 5.32 Å². The molecular weight excluding hydrogens is 434 g/mol. The number of piperidine rings is 1. The Bertz CT molecular complexity index is 959. The van der Waals surface area contributed by atoms with Crippen molar-refractivity contribution in [2.75, 3.05) is 20.2 Å². The van der Waals surface area contributed by atoms with Gasteiger partial charge in [-0.25, -0.2) is 0 Å². The Hall–Kier alpha value is -2.45. The lowest BCUT2D eigenvalue weighted by molar-refractivity contribution is -0.154. The number of aromatic hydroxyl groups is 1. The van der Waals surface area contributed by atoms with Gasteiger partial charge < -0.3 is 14.7 Å². The number of carbonyl (C=O) groups is 3. The Morgan fingerprint density at radius 3 is 2.47 bits per heavy atom. The third-order valence-electron chi connectivity index (χ3n) is 8.33. The molecule has 34 heavy (non-hydrogen) atoms. The summed E-state index contributed by atoms with van der Waals surface area (Å²) in [5.41, 5.74) is 1.90. The lowest BCUT2D eigenvalue weighted by atomic mass is 9.61. The number of amides is 3. The summed E-state index contributed by atoms with van der Waals surface area (Å²) >= 11 is 0. The lowest BCUT2D eigenvalue weighted by Gasteiger charge is -2.61. The number of ether oxygens (including phenoxy) is 1. The second-order valence-corrected chi connectivity index (χ2v) is 10.7. The van der Waals surface area contributed by atoms with Gasteiger partial charge in [0.15, 0.2) is 0 Å². The van der Waals surface area contributed by atoms with Crippen LogP contribution in [0.5, 0.6) is 5.75 Å². The molecule has 184 valence electrons. The molecule has 4 fully saturated rings. The second-order valence-electron chi connectivity index (χ2n) is 10.7. The molecule has 3 aliphatic heterocycles. The standard InChI is InChI=1S/C13H12N2O4.C13H23NO/c16-8-1-2-9-7(5-8)6-15(13(9)19)10-3-4-11(17)14-12(10)18;1-15-12-7-13(8-12)9-14(10-13)11-5-3-2-4-6-11/h1-2,5,10,16H,3-4,6H2,(H,14,17,18);11-12H,2-10H2,1H3. The fourth-order valence-electron chi connectivity index (χ4n) is 6.41. The molecule has 0 radical (unpaired) electrons. The number of nitrogens with one attached hydrogen (secondary N) is 1. The van der Waals surface area contributed by atoms with Gasteiger partial charge in [0, 0.05) is 50.2 Å². The van der Waals surface area contributed by atoms with Crippen LogP contribution in [0.2, 0.25) is 0 Å². The maximum Gasteiger partial charge on any atom is 0.255 e. The number of nitrogens with zero attached hydrogens (tertiary/aromatic N) is 2. The van der Waals surface area contributed by atoms with Crippen LogP contribution in [0, 0.1) is 5.41 Å². The lowest BCUT2D eigenvalue weighted by Crippen LogP contribution is -2.66. The summed E-state index contributed by atoms with van der Waals surface area (Å²) < 4.78 is 5.38. The summed E-state index contributed by atoms with van der Waals surface area (Å²) in [5.74, 6) is -0.870. The number of benzene rings is 1. The molecule has 5 aliphatic rings. The molecule has 1 aromatic rings. The van der Waals surface area contributed by atoms with Crippen LogP contribution in [-0.2, 0) is 20.9 Å². The molecule has 8 nitrogen and oxygen atoms in total. The van der Waals surface area contributed by atoms with Crippen molar-refractivity contribution in [3.63, 3.8) is 0 Å². The van der Waals surface area contributed by atoms with E-state index in [0.717, 1.165) is 6.04 Å². The topological polar surface area (TPSA) is 99.2 Å². The highest BCUT2D eigenvalue weighted by atomic mass is 16.5. The third kappa shape index (κ3) is 4.45. The minimum absolute atomic E-state index is 0.0941. The van der Waals surface area contributed by atoms with Crippen molar-refractivity contribution in [3.05, 3.63) is 29.3 Å². The highest BCUT2D eigenvalue weighted by Crippen LogP contribution is 2.50. The van der Waals surface area contributed by atoms with E-state index in [1.54, 1.807) is 6.07 Å². The predicted octanol–water partition coefficient (Wildman–Crippen LogP) is 2.58. The molecule has 1 spiro atoms. The van der Waals surface area contributed by atoms with E-state index < -0.39 is 11.9 Å².